The van der Waals surface area contributed by atoms with Crippen molar-refractivity contribution in [3.05, 3.63) is 48.1 Å². The van der Waals surface area contributed by atoms with Gasteiger partial charge in [0, 0.05) is 31.1 Å². The van der Waals surface area contributed by atoms with Crippen molar-refractivity contribution in [1.29, 1.82) is 0 Å². The number of aryl methyl sites for hydroxylation is 1. The maximum absolute atomic E-state index is 12.1. The van der Waals surface area contributed by atoms with Crippen LogP contribution in [0.3, 0.4) is 0 Å². The molecule has 1 amide bonds. The second kappa shape index (κ2) is 5.79. The number of nitrogens with one attached hydrogen (secondary N) is 1. The number of carbonyl (C=O) groups is 2. The van der Waals surface area contributed by atoms with Crippen LogP contribution in [-0.4, -0.2) is 31.7 Å². The summed E-state index contributed by atoms with van der Waals surface area (Å²) in [4.78, 5) is 26.6. The maximum Gasteiger partial charge on any atom is 0.328 e. The first-order valence-electron chi connectivity index (χ1n) is 5.72. The summed E-state index contributed by atoms with van der Waals surface area (Å²) < 4.78 is 1.55. The highest BCUT2D eigenvalue weighted by Gasteiger charge is 2.12. The van der Waals surface area contributed by atoms with E-state index >= 15 is 0 Å². The molecule has 0 saturated heterocycles. The highest BCUT2D eigenvalue weighted by Crippen LogP contribution is 2.11. The molecule has 0 saturated carbocycles. The van der Waals surface area contributed by atoms with Crippen LogP contribution in [0.4, 0.5) is 5.69 Å². The lowest BCUT2D eigenvalue weighted by Gasteiger charge is -2.04. The number of nitrogens with zero attached hydrogens (tertiary/aromatic N) is 3. The van der Waals surface area contributed by atoms with Gasteiger partial charge in [0.15, 0.2) is 0 Å². The van der Waals surface area contributed by atoms with Crippen molar-refractivity contribution in [1.82, 2.24) is 14.8 Å². The van der Waals surface area contributed by atoms with Crippen molar-refractivity contribution in [3.63, 3.8) is 0 Å². The molecule has 2 N–H and O–H groups in total. The van der Waals surface area contributed by atoms with E-state index in [0.29, 0.717) is 11.3 Å². The minimum atomic E-state index is -1.09. The molecule has 2 heterocycles. The molecule has 0 fully saturated rings. The highest BCUT2D eigenvalue weighted by atomic mass is 16.4. The van der Waals surface area contributed by atoms with Crippen LogP contribution in [0.1, 0.15) is 16.1 Å². The van der Waals surface area contributed by atoms with E-state index in [1.165, 1.54) is 18.5 Å². The molecule has 7 heteroatoms. The van der Waals surface area contributed by atoms with Crippen molar-refractivity contribution >= 4 is 23.6 Å². The molecule has 102 valence electrons. The summed E-state index contributed by atoms with van der Waals surface area (Å²) in [6, 6.07) is 3.24. The summed E-state index contributed by atoms with van der Waals surface area (Å²) >= 11 is 0. The molecule has 0 bridgehead atoms. The number of carbonyl (C=O) groups excluding carboxylic acids is 1. The second-order valence-electron chi connectivity index (χ2n) is 3.97. The van der Waals surface area contributed by atoms with E-state index in [1.54, 1.807) is 30.1 Å². The summed E-state index contributed by atoms with van der Waals surface area (Å²) in [5, 5.41) is 15.2. The van der Waals surface area contributed by atoms with Gasteiger partial charge >= 0.3 is 5.97 Å². The summed E-state index contributed by atoms with van der Waals surface area (Å²) in [6.45, 7) is 0. The van der Waals surface area contributed by atoms with E-state index in [9.17, 15) is 9.59 Å². The van der Waals surface area contributed by atoms with E-state index in [-0.39, 0.29) is 5.69 Å². The Balaban J connectivity index is 2.23. The van der Waals surface area contributed by atoms with Crippen molar-refractivity contribution in [3.8, 4) is 0 Å². The number of amides is 1. The van der Waals surface area contributed by atoms with Gasteiger partial charge in [0.2, 0.25) is 0 Å². The van der Waals surface area contributed by atoms with Crippen LogP contribution in [0, 0.1) is 0 Å². The molecule has 20 heavy (non-hydrogen) atoms. The molecular formula is C13H12N4O3. The molecule has 0 aliphatic rings. The van der Waals surface area contributed by atoms with Crippen LogP contribution >= 0.6 is 0 Å². The Hall–Kier alpha value is -2.96. The second-order valence-corrected chi connectivity index (χ2v) is 3.97. The van der Waals surface area contributed by atoms with Crippen LogP contribution < -0.4 is 5.32 Å². The third-order valence-electron chi connectivity index (χ3n) is 2.42. The van der Waals surface area contributed by atoms with Gasteiger partial charge < -0.3 is 10.4 Å². The Morgan fingerprint density at radius 2 is 2.25 bits per heavy atom. The molecule has 0 radical (unpaired) electrons. The third kappa shape index (κ3) is 3.29. The molecule has 2 rings (SSSR count). The van der Waals surface area contributed by atoms with Gasteiger partial charge in [0.25, 0.3) is 5.91 Å². The lowest BCUT2D eigenvalue weighted by molar-refractivity contribution is -0.131. The summed E-state index contributed by atoms with van der Waals surface area (Å²) in [5.74, 6) is -1.52. The zero-order chi connectivity index (χ0) is 14.5. The lowest BCUT2D eigenvalue weighted by Crippen LogP contribution is -2.14. The monoisotopic (exact) mass is 272 g/mol. The van der Waals surface area contributed by atoms with Crippen LogP contribution in [0.25, 0.3) is 6.08 Å². The van der Waals surface area contributed by atoms with Crippen molar-refractivity contribution in [2.24, 2.45) is 7.05 Å². The Bertz CT molecular complexity index is 676. The van der Waals surface area contributed by atoms with Crippen LogP contribution in [0.15, 0.2) is 36.8 Å². The fraction of sp³-hybridized carbons (Fsp3) is 0.0769. The number of hydrogen-bond acceptors (Lipinski definition) is 4. The summed E-state index contributed by atoms with van der Waals surface area (Å²) in [5.41, 5.74) is 1.11. The van der Waals surface area contributed by atoms with Crippen LogP contribution in [0.2, 0.25) is 0 Å². The number of carboxylic acid groups (broad SMARTS) is 1. The highest BCUT2D eigenvalue weighted by molar-refractivity contribution is 6.05. The molecule has 0 aliphatic heterocycles. The van der Waals surface area contributed by atoms with Gasteiger partial charge in [0.05, 0.1) is 11.9 Å². The molecule has 2 aromatic rings. The number of pyridine rings is 1. The van der Waals surface area contributed by atoms with Crippen molar-refractivity contribution < 1.29 is 14.7 Å². The van der Waals surface area contributed by atoms with E-state index < -0.39 is 11.9 Å². The molecule has 0 aliphatic carbocycles. The van der Waals surface area contributed by atoms with Crippen molar-refractivity contribution in [2.45, 2.75) is 0 Å². The Kier molecular flexibility index (Phi) is 3.90. The number of hydrogen-bond donors (Lipinski definition) is 2. The van der Waals surface area contributed by atoms with Crippen LogP contribution in [-0.2, 0) is 11.8 Å². The van der Waals surface area contributed by atoms with E-state index in [4.69, 9.17) is 5.11 Å². The number of rotatable bonds is 4. The van der Waals surface area contributed by atoms with Gasteiger partial charge in [-0.25, -0.2) is 4.79 Å². The molecule has 0 aromatic carbocycles. The molecular weight excluding hydrogens is 260 g/mol. The van der Waals surface area contributed by atoms with Gasteiger partial charge in [-0.2, -0.15) is 5.10 Å². The predicted molar refractivity (Wildman–Crippen MR) is 72.1 cm³/mol. The van der Waals surface area contributed by atoms with Crippen molar-refractivity contribution in [2.75, 3.05) is 5.32 Å². The third-order valence-corrected chi connectivity index (χ3v) is 2.42. The zero-order valence-electron chi connectivity index (χ0n) is 10.6. The van der Waals surface area contributed by atoms with Gasteiger partial charge in [-0.3, -0.25) is 14.5 Å². The van der Waals surface area contributed by atoms with Gasteiger partial charge in [0.1, 0.15) is 5.69 Å². The van der Waals surface area contributed by atoms with E-state index in [0.717, 1.165) is 6.08 Å². The molecule has 2 aromatic heterocycles. The van der Waals surface area contributed by atoms with Gasteiger partial charge in [-0.1, -0.05) is 6.07 Å². The standard InChI is InChI=1S/C13H12N4O3/c1-17-8-10(7-15-17)16-13(20)12-9(3-2-6-14-12)4-5-11(18)19/h2-8H,1H3,(H,16,20)(H,18,19)/b5-4+. The normalized spacial score (nSPS) is 10.7. The van der Waals surface area contributed by atoms with Crippen LogP contribution in [0.5, 0.6) is 0 Å². The average Bonchev–Trinajstić information content (AvgIpc) is 2.82. The minimum Gasteiger partial charge on any atom is -0.478 e. The Morgan fingerprint density at radius 1 is 1.45 bits per heavy atom. The first kappa shape index (κ1) is 13.5. The van der Waals surface area contributed by atoms with E-state index in [2.05, 4.69) is 15.4 Å². The number of aromatic nitrogens is 3. The average molecular weight is 272 g/mol. The topological polar surface area (TPSA) is 97.1 Å². The van der Waals surface area contributed by atoms with Gasteiger partial charge in [-0.05, 0) is 12.1 Å². The summed E-state index contributed by atoms with van der Waals surface area (Å²) in [6.07, 6.45) is 6.91. The smallest absolute Gasteiger partial charge is 0.328 e. The number of aliphatic carboxylic acids is 1. The minimum absolute atomic E-state index is 0.147. The molecule has 0 unspecified atom stereocenters. The number of carboxylic acids is 1. The fourth-order valence-electron chi connectivity index (χ4n) is 1.58. The Labute approximate surface area is 114 Å². The molecule has 0 spiro atoms. The lowest BCUT2D eigenvalue weighted by atomic mass is 10.1. The van der Waals surface area contributed by atoms with Gasteiger partial charge in [-0.15, -0.1) is 0 Å². The predicted octanol–water partition coefficient (Wildman–Crippen LogP) is 1.17. The zero-order valence-corrected chi connectivity index (χ0v) is 10.6. The Morgan fingerprint density at radius 3 is 2.90 bits per heavy atom. The maximum atomic E-state index is 12.1. The first-order valence-corrected chi connectivity index (χ1v) is 5.72. The first-order chi connectivity index (χ1) is 9.56. The summed E-state index contributed by atoms with van der Waals surface area (Å²) in [7, 11) is 1.73. The van der Waals surface area contributed by atoms with E-state index in [1.807, 2.05) is 0 Å². The molecule has 0 atom stereocenters. The number of anilines is 1. The fourth-order valence-corrected chi connectivity index (χ4v) is 1.58. The largest absolute Gasteiger partial charge is 0.478 e. The molecule has 7 nitrogen and oxygen atoms in total. The quantitative estimate of drug-likeness (QED) is 0.814. The SMILES string of the molecule is Cn1cc(NC(=O)c2ncccc2/C=C/C(=O)O)cn1.